The minimum Gasteiger partial charge on any atom is -0.444 e. The molecule has 0 spiro atoms. The molecule has 0 aliphatic heterocycles. The summed E-state index contributed by atoms with van der Waals surface area (Å²) in [5.74, 6) is -1.12. The second kappa shape index (κ2) is 20.4. The van der Waals surface area contributed by atoms with Crippen LogP contribution in [0.4, 0.5) is 16.4 Å². The van der Waals surface area contributed by atoms with Gasteiger partial charge in [-0.1, -0.05) is 74.2 Å². The molecule has 51 heavy (non-hydrogen) atoms. The van der Waals surface area contributed by atoms with Crippen molar-refractivity contribution in [1.82, 2.24) is 30.8 Å². The number of rotatable bonds is 19. The van der Waals surface area contributed by atoms with E-state index in [9.17, 15) is 14.4 Å². The van der Waals surface area contributed by atoms with Gasteiger partial charge in [0.05, 0.1) is 0 Å². The predicted octanol–water partition coefficient (Wildman–Crippen LogP) is 5.57. The molecule has 0 unspecified atom stereocenters. The highest BCUT2D eigenvalue weighted by Gasteiger charge is 2.26. The van der Waals surface area contributed by atoms with Gasteiger partial charge in [0.2, 0.25) is 0 Å². The van der Waals surface area contributed by atoms with Gasteiger partial charge in [0, 0.05) is 38.3 Å². The number of nitrogens with one attached hydrogen (secondary N) is 3. The van der Waals surface area contributed by atoms with Crippen LogP contribution < -0.4 is 27.4 Å². The van der Waals surface area contributed by atoms with E-state index in [1.165, 1.54) is 19.3 Å². The molecule has 3 rings (SSSR count). The van der Waals surface area contributed by atoms with Crippen molar-refractivity contribution in [2.75, 3.05) is 50.7 Å². The molecule has 7 N–H and O–H groups in total. The predicted molar refractivity (Wildman–Crippen MR) is 204 cm³/mol. The Kier molecular flexibility index (Phi) is 16.4. The molecule has 2 aromatic carbocycles. The molecule has 0 saturated carbocycles. The van der Waals surface area contributed by atoms with E-state index in [0.29, 0.717) is 38.0 Å². The van der Waals surface area contributed by atoms with Crippen LogP contribution in [0.3, 0.4) is 0 Å². The van der Waals surface area contributed by atoms with E-state index < -0.39 is 17.6 Å². The number of ether oxygens (including phenoxy) is 1. The SMILES string of the molecule is CCCCCCNCCNC(=O)c1cccc(CCN(C[C@H](CNC(=O)c2nc(Cl)c(N)nc2N)Cc2ccccc2C)C(=O)OC(C)(C)C)c1. The van der Waals surface area contributed by atoms with Crippen LogP contribution in [0.5, 0.6) is 0 Å². The van der Waals surface area contributed by atoms with Crippen molar-refractivity contribution in [3.63, 3.8) is 0 Å². The Bertz CT molecular complexity index is 1600. The number of anilines is 2. The topological polar surface area (TPSA) is 178 Å². The zero-order chi connectivity index (χ0) is 37.4. The number of unbranched alkanes of at least 4 members (excludes halogenated alkanes) is 3. The van der Waals surface area contributed by atoms with Gasteiger partial charge < -0.3 is 37.1 Å². The van der Waals surface area contributed by atoms with E-state index in [4.69, 9.17) is 27.8 Å². The molecular formula is C38H55ClN8O4. The summed E-state index contributed by atoms with van der Waals surface area (Å²) in [4.78, 5) is 49.3. The summed E-state index contributed by atoms with van der Waals surface area (Å²) in [6, 6.07) is 15.4. The second-order valence-electron chi connectivity index (χ2n) is 13.8. The standard InChI is InChI=1S/C38H55ClN8O4/c1-6-7-8-11-18-42-19-20-43-35(48)30-16-12-14-27(22-30)17-21-47(37(50)51-38(3,4)5)25-28(23-29-15-10-9-13-26(29)2)24-44-36(49)31-33(40)46-34(41)32(39)45-31/h9-10,12-16,22,28,42H,6-8,11,17-21,23-25H2,1-5H3,(H,43,48)(H,44,49)(H4,40,41,46)/t28-/m0/s1. The number of amides is 3. The molecule has 0 aliphatic rings. The van der Waals surface area contributed by atoms with E-state index in [-0.39, 0.29) is 47.4 Å². The van der Waals surface area contributed by atoms with E-state index in [2.05, 4.69) is 32.8 Å². The summed E-state index contributed by atoms with van der Waals surface area (Å²) in [6.45, 7) is 12.7. The maximum absolute atomic E-state index is 13.6. The van der Waals surface area contributed by atoms with Crippen LogP contribution in [0.15, 0.2) is 48.5 Å². The van der Waals surface area contributed by atoms with Crippen LogP contribution in [0.2, 0.25) is 5.15 Å². The number of halogens is 1. The average Bonchev–Trinajstić information content (AvgIpc) is 3.08. The Hall–Kier alpha value is -4.42. The number of nitrogens with zero attached hydrogens (tertiary/aromatic N) is 3. The third-order valence-corrected chi connectivity index (χ3v) is 8.50. The molecule has 0 bridgehead atoms. The molecule has 13 heteroatoms. The minimum atomic E-state index is -0.720. The number of aryl methyl sites for hydroxylation is 1. The molecule has 278 valence electrons. The highest BCUT2D eigenvalue weighted by molar-refractivity contribution is 6.31. The lowest BCUT2D eigenvalue weighted by Crippen LogP contribution is -2.44. The number of carbonyl (C=O) groups excluding carboxylic acids is 3. The lowest BCUT2D eigenvalue weighted by molar-refractivity contribution is 0.0222. The maximum Gasteiger partial charge on any atom is 0.410 e. The van der Waals surface area contributed by atoms with Crippen molar-refractivity contribution >= 4 is 41.1 Å². The molecule has 0 saturated heterocycles. The zero-order valence-electron chi connectivity index (χ0n) is 30.7. The van der Waals surface area contributed by atoms with E-state index in [0.717, 1.165) is 29.7 Å². The van der Waals surface area contributed by atoms with Gasteiger partial charge in [-0.15, -0.1) is 0 Å². The van der Waals surface area contributed by atoms with Gasteiger partial charge in [0.15, 0.2) is 22.5 Å². The molecule has 3 aromatic rings. The van der Waals surface area contributed by atoms with E-state index in [1.54, 1.807) is 11.0 Å². The van der Waals surface area contributed by atoms with Gasteiger partial charge in [0.25, 0.3) is 11.8 Å². The zero-order valence-corrected chi connectivity index (χ0v) is 31.4. The van der Waals surface area contributed by atoms with Crippen molar-refractivity contribution < 1.29 is 19.1 Å². The maximum atomic E-state index is 13.6. The van der Waals surface area contributed by atoms with E-state index >= 15 is 0 Å². The molecule has 0 fully saturated rings. The third-order valence-electron chi connectivity index (χ3n) is 8.23. The number of hydrogen-bond acceptors (Lipinski definition) is 9. The van der Waals surface area contributed by atoms with Gasteiger partial charge in [-0.2, -0.15) is 0 Å². The quantitative estimate of drug-likeness (QED) is 0.0990. The number of nitrogen functional groups attached to an aromatic ring is 2. The largest absolute Gasteiger partial charge is 0.444 e. The Morgan fingerprint density at radius 2 is 1.69 bits per heavy atom. The highest BCUT2D eigenvalue weighted by atomic mass is 35.5. The first-order valence-corrected chi connectivity index (χ1v) is 18.1. The van der Waals surface area contributed by atoms with Gasteiger partial charge in [-0.25, -0.2) is 14.8 Å². The molecule has 0 radical (unpaired) electrons. The summed E-state index contributed by atoms with van der Waals surface area (Å²) in [5.41, 5.74) is 14.4. The molecule has 3 amide bonds. The van der Waals surface area contributed by atoms with E-state index in [1.807, 2.05) is 70.2 Å². The number of benzene rings is 2. The Morgan fingerprint density at radius 3 is 2.41 bits per heavy atom. The monoisotopic (exact) mass is 722 g/mol. The summed E-state index contributed by atoms with van der Waals surface area (Å²) < 4.78 is 5.82. The number of hydrogen-bond donors (Lipinski definition) is 5. The summed E-state index contributed by atoms with van der Waals surface area (Å²) in [5, 5.41) is 9.14. The molecule has 12 nitrogen and oxygen atoms in total. The van der Waals surface area contributed by atoms with Crippen molar-refractivity contribution in [2.45, 2.75) is 78.7 Å². The Labute approximate surface area is 307 Å². The van der Waals surface area contributed by atoms with Gasteiger partial charge in [-0.05, 0) is 88.2 Å². The van der Waals surface area contributed by atoms with Crippen molar-refractivity contribution in [3.05, 3.63) is 81.6 Å². The lowest BCUT2D eigenvalue weighted by atomic mass is 9.95. The molecule has 1 heterocycles. The van der Waals surface area contributed by atoms with Crippen molar-refractivity contribution in [2.24, 2.45) is 5.92 Å². The number of aromatic nitrogens is 2. The first-order valence-electron chi connectivity index (χ1n) is 17.7. The van der Waals surface area contributed by atoms with Crippen LogP contribution >= 0.6 is 11.6 Å². The minimum absolute atomic E-state index is 0.0666. The van der Waals surface area contributed by atoms with Gasteiger partial charge in [-0.3, -0.25) is 9.59 Å². The van der Waals surface area contributed by atoms with Crippen molar-refractivity contribution in [3.8, 4) is 0 Å². The van der Waals surface area contributed by atoms with Crippen LogP contribution in [0, 0.1) is 12.8 Å². The normalized spacial score (nSPS) is 11.9. The number of nitrogens with two attached hydrogens (primary N) is 2. The Morgan fingerprint density at radius 1 is 0.922 bits per heavy atom. The lowest BCUT2D eigenvalue weighted by Gasteiger charge is -2.31. The third kappa shape index (κ3) is 14.4. The molecular weight excluding hydrogens is 668 g/mol. The Balaban J connectivity index is 1.73. The van der Waals surface area contributed by atoms with Gasteiger partial charge in [0.1, 0.15) is 5.60 Å². The smallest absolute Gasteiger partial charge is 0.410 e. The van der Waals surface area contributed by atoms with Crippen LogP contribution in [-0.2, 0) is 17.6 Å². The van der Waals surface area contributed by atoms with Crippen molar-refractivity contribution in [1.29, 1.82) is 0 Å². The second-order valence-corrected chi connectivity index (χ2v) is 14.1. The fraction of sp³-hybridized carbons (Fsp3) is 0.500. The summed E-state index contributed by atoms with van der Waals surface area (Å²) in [7, 11) is 0. The van der Waals surface area contributed by atoms with Crippen LogP contribution in [0.1, 0.15) is 90.9 Å². The van der Waals surface area contributed by atoms with Crippen LogP contribution in [-0.4, -0.2) is 77.6 Å². The molecule has 0 aliphatic carbocycles. The average molecular weight is 723 g/mol. The fourth-order valence-corrected chi connectivity index (χ4v) is 5.60. The molecule has 1 aromatic heterocycles. The number of carbonyl (C=O) groups is 3. The first-order chi connectivity index (χ1) is 24.3. The van der Waals surface area contributed by atoms with Gasteiger partial charge >= 0.3 is 6.09 Å². The summed E-state index contributed by atoms with van der Waals surface area (Å²) >= 11 is 6.02. The van der Waals surface area contributed by atoms with Crippen LogP contribution in [0.25, 0.3) is 0 Å². The first kappa shape index (κ1) is 41.0. The summed E-state index contributed by atoms with van der Waals surface area (Å²) in [6.07, 6.45) is 5.37. The highest BCUT2D eigenvalue weighted by Crippen LogP contribution is 2.20. The fourth-order valence-electron chi connectivity index (χ4n) is 5.48. The molecule has 1 atom stereocenters.